The Morgan fingerprint density at radius 1 is 1.29 bits per heavy atom. The second-order valence-electron chi connectivity index (χ2n) is 7.66. The van der Waals surface area contributed by atoms with Gasteiger partial charge in [-0.3, -0.25) is 9.89 Å². The number of hydrogen-bond acceptors (Lipinski definition) is 4. The number of hydrogen-bond donors (Lipinski definition) is 2. The molecule has 0 radical (unpaired) electrons. The molecule has 1 atom stereocenters. The van der Waals surface area contributed by atoms with Gasteiger partial charge in [0.2, 0.25) is 5.91 Å². The Morgan fingerprint density at radius 2 is 1.96 bits per heavy atom. The Bertz CT molecular complexity index is 871. The molecule has 1 aliphatic heterocycles. The molecule has 2 amide bonds. The van der Waals surface area contributed by atoms with Crippen molar-refractivity contribution in [1.82, 2.24) is 15.1 Å². The Kier molecular flexibility index (Phi) is 5.35. The summed E-state index contributed by atoms with van der Waals surface area (Å²) in [4.78, 5) is 26.0. The number of likely N-dealkylation sites (tertiary alicyclic amines) is 1. The summed E-state index contributed by atoms with van der Waals surface area (Å²) in [7, 11) is 0. The normalized spacial score (nSPS) is 16.9. The molecule has 3 rings (SSSR count). The van der Waals surface area contributed by atoms with Crippen molar-refractivity contribution in [1.29, 1.82) is 0 Å². The fourth-order valence-electron chi connectivity index (χ4n) is 2.96. The zero-order chi connectivity index (χ0) is 20.5. The third kappa shape index (κ3) is 4.47. The number of H-pyrrole nitrogens is 1. The Hall–Kier alpha value is -2.97. The lowest BCUT2D eigenvalue weighted by atomic mass is 10.1. The maximum Gasteiger partial charge on any atom is 0.410 e. The van der Waals surface area contributed by atoms with Crippen molar-refractivity contribution in [3.63, 3.8) is 0 Å². The second-order valence-corrected chi connectivity index (χ2v) is 7.66. The summed E-state index contributed by atoms with van der Waals surface area (Å²) in [5.74, 6) is -2.05. The number of benzene rings is 1. The first-order chi connectivity index (χ1) is 13.1. The van der Waals surface area contributed by atoms with Crippen molar-refractivity contribution in [2.45, 2.75) is 32.8 Å². The molecule has 7 nitrogen and oxygen atoms in total. The minimum atomic E-state index is -0.731. The van der Waals surface area contributed by atoms with Gasteiger partial charge in [-0.15, -0.1) is 0 Å². The van der Waals surface area contributed by atoms with E-state index in [9.17, 15) is 18.4 Å². The van der Waals surface area contributed by atoms with Crippen molar-refractivity contribution in [2.24, 2.45) is 5.92 Å². The van der Waals surface area contributed by atoms with Gasteiger partial charge in [0.25, 0.3) is 0 Å². The van der Waals surface area contributed by atoms with Crippen LogP contribution in [0.5, 0.6) is 0 Å². The first-order valence-electron chi connectivity index (χ1n) is 8.92. The lowest BCUT2D eigenvalue weighted by molar-refractivity contribution is -0.119. The summed E-state index contributed by atoms with van der Waals surface area (Å²) in [5, 5.41) is 9.03. The average molecular weight is 392 g/mol. The number of amides is 2. The van der Waals surface area contributed by atoms with Crippen LogP contribution in [0.4, 0.5) is 19.4 Å². The standard InChI is InChI=1S/C19H22F2N4O3/c1-19(2,3)28-18(27)25-8-7-11(10-25)17(26)22-15-9-14(23-24-15)16-12(20)5-4-6-13(16)21/h4-6,9,11H,7-8,10H2,1-3H3,(H2,22,23,24,26). The van der Waals surface area contributed by atoms with Crippen molar-refractivity contribution in [3.8, 4) is 11.3 Å². The van der Waals surface area contributed by atoms with Gasteiger partial charge in [0.05, 0.1) is 17.2 Å². The van der Waals surface area contributed by atoms with E-state index in [1.165, 1.54) is 17.0 Å². The molecule has 0 saturated carbocycles. The zero-order valence-corrected chi connectivity index (χ0v) is 15.9. The summed E-state index contributed by atoms with van der Waals surface area (Å²) >= 11 is 0. The molecule has 2 N–H and O–H groups in total. The van der Waals surface area contributed by atoms with Crippen LogP contribution in [-0.2, 0) is 9.53 Å². The van der Waals surface area contributed by atoms with Crippen LogP contribution in [0.2, 0.25) is 0 Å². The van der Waals surface area contributed by atoms with E-state index in [-0.39, 0.29) is 29.5 Å². The van der Waals surface area contributed by atoms with E-state index in [1.807, 2.05) is 0 Å². The van der Waals surface area contributed by atoms with Crippen LogP contribution < -0.4 is 5.32 Å². The first-order valence-corrected chi connectivity index (χ1v) is 8.92. The number of aromatic nitrogens is 2. The van der Waals surface area contributed by atoms with Gasteiger partial charge in [0.15, 0.2) is 5.82 Å². The van der Waals surface area contributed by atoms with E-state index in [0.717, 1.165) is 12.1 Å². The average Bonchev–Trinajstić information content (AvgIpc) is 3.23. The van der Waals surface area contributed by atoms with Crippen LogP contribution in [0.15, 0.2) is 24.3 Å². The largest absolute Gasteiger partial charge is 0.444 e. The summed E-state index contributed by atoms with van der Waals surface area (Å²) in [6, 6.07) is 4.91. The minimum absolute atomic E-state index is 0.118. The van der Waals surface area contributed by atoms with Gasteiger partial charge < -0.3 is 15.0 Å². The van der Waals surface area contributed by atoms with Crippen LogP contribution in [0, 0.1) is 17.6 Å². The third-order valence-electron chi connectivity index (χ3n) is 4.27. The molecular formula is C19H22F2N4O3. The van der Waals surface area contributed by atoms with Crippen LogP contribution in [0.3, 0.4) is 0 Å². The summed E-state index contributed by atoms with van der Waals surface area (Å²) in [6.45, 7) is 5.98. The Labute approximate surface area is 161 Å². The monoisotopic (exact) mass is 392 g/mol. The summed E-state index contributed by atoms with van der Waals surface area (Å²) in [5.41, 5.74) is -0.731. The molecule has 1 unspecified atom stereocenters. The number of nitrogens with one attached hydrogen (secondary N) is 2. The van der Waals surface area contributed by atoms with Crippen molar-refractivity contribution >= 4 is 17.8 Å². The number of rotatable bonds is 3. The van der Waals surface area contributed by atoms with Gasteiger partial charge in [0, 0.05) is 19.2 Å². The van der Waals surface area contributed by atoms with Crippen LogP contribution >= 0.6 is 0 Å². The van der Waals surface area contributed by atoms with Gasteiger partial charge >= 0.3 is 6.09 Å². The van der Waals surface area contributed by atoms with Gasteiger partial charge in [-0.05, 0) is 39.3 Å². The number of anilines is 1. The molecule has 0 spiro atoms. The number of carbonyl (C=O) groups excluding carboxylic acids is 2. The zero-order valence-electron chi connectivity index (χ0n) is 15.9. The molecule has 1 saturated heterocycles. The highest BCUT2D eigenvalue weighted by atomic mass is 19.1. The number of nitrogens with zero attached hydrogens (tertiary/aromatic N) is 2. The highest BCUT2D eigenvalue weighted by molar-refractivity contribution is 5.93. The minimum Gasteiger partial charge on any atom is -0.444 e. The molecule has 1 aromatic carbocycles. The maximum absolute atomic E-state index is 13.9. The third-order valence-corrected chi connectivity index (χ3v) is 4.27. The second kappa shape index (κ2) is 7.57. The summed E-state index contributed by atoms with van der Waals surface area (Å²) in [6.07, 6.45) is 0.0319. The molecule has 2 heterocycles. The predicted octanol–water partition coefficient (Wildman–Crippen LogP) is 3.55. The number of halogens is 2. The van der Waals surface area contributed by atoms with Crippen LogP contribution in [-0.4, -0.2) is 45.8 Å². The molecule has 9 heteroatoms. The van der Waals surface area contributed by atoms with Crippen LogP contribution in [0.25, 0.3) is 11.3 Å². The molecule has 1 aromatic heterocycles. The van der Waals surface area contributed by atoms with E-state index in [2.05, 4.69) is 15.5 Å². The number of carbonyl (C=O) groups is 2. The Balaban J connectivity index is 1.62. The SMILES string of the molecule is CC(C)(C)OC(=O)N1CCC(C(=O)Nc2cc(-c3c(F)cccc3F)[nH]n2)C1. The first kappa shape index (κ1) is 19.8. The smallest absolute Gasteiger partial charge is 0.410 e. The lowest BCUT2D eigenvalue weighted by Crippen LogP contribution is -2.36. The molecule has 0 aliphatic carbocycles. The fourth-order valence-corrected chi connectivity index (χ4v) is 2.96. The molecule has 1 fully saturated rings. The predicted molar refractivity (Wildman–Crippen MR) is 98.5 cm³/mol. The molecule has 150 valence electrons. The van der Waals surface area contributed by atoms with Crippen molar-refractivity contribution < 1.29 is 23.1 Å². The van der Waals surface area contributed by atoms with Crippen LogP contribution in [0.1, 0.15) is 27.2 Å². The van der Waals surface area contributed by atoms with E-state index in [4.69, 9.17) is 4.74 Å². The topological polar surface area (TPSA) is 87.3 Å². The molecular weight excluding hydrogens is 370 g/mol. The maximum atomic E-state index is 13.9. The molecule has 0 bridgehead atoms. The Morgan fingerprint density at radius 3 is 2.61 bits per heavy atom. The van der Waals surface area contributed by atoms with Gasteiger partial charge in [-0.2, -0.15) is 5.10 Å². The molecule has 2 aromatic rings. The highest BCUT2D eigenvalue weighted by Crippen LogP contribution is 2.26. The van der Waals surface area contributed by atoms with E-state index in [1.54, 1.807) is 20.8 Å². The van der Waals surface area contributed by atoms with E-state index >= 15 is 0 Å². The van der Waals surface area contributed by atoms with Gasteiger partial charge in [-0.1, -0.05) is 6.07 Å². The van der Waals surface area contributed by atoms with E-state index < -0.39 is 29.2 Å². The van der Waals surface area contributed by atoms with Crippen molar-refractivity contribution in [2.75, 3.05) is 18.4 Å². The summed E-state index contributed by atoms with van der Waals surface area (Å²) < 4.78 is 33.0. The number of ether oxygens (including phenoxy) is 1. The fraction of sp³-hybridized carbons (Fsp3) is 0.421. The van der Waals surface area contributed by atoms with Gasteiger partial charge in [-0.25, -0.2) is 13.6 Å². The quantitative estimate of drug-likeness (QED) is 0.836. The highest BCUT2D eigenvalue weighted by Gasteiger charge is 2.33. The molecule has 1 aliphatic rings. The van der Waals surface area contributed by atoms with E-state index in [0.29, 0.717) is 13.0 Å². The number of aromatic amines is 1. The molecule has 28 heavy (non-hydrogen) atoms. The van der Waals surface area contributed by atoms with Crippen molar-refractivity contribution in [3.05, 3.63) is 35.9 Å². The lowest BCUT2D eigenvalue weighted by Gasteiger charge is -2.24. The van der Waals surface area contributed by atoms with Gasteiger partial charge in [0.1, 0.15) is 17.2 Å².